The Morgan fingerprint density at radius 2 is 2.39 bits per heavy atom. The normalized spacial score (nSPS) is 22.9. The number of aromatic carboxylic acids is 1. The van der Waals surface area contributed by atoms with E-state index in [0.717, 1.165) is 25.5 Å². The molecular formula is C10H15N3O4S. The van der Waals surface area contributed by atoms with Gasteiger partial charge in [-0.25, -0.2) is 17.9 Å². The average molecular weight is 273 g/mol. The zero-order valence-electron chi connectivity index (χ0n) is 9.88. The van der Waals surface area contributed by atoms with Gasteiger partial charge in [0.25, 0.3) is 10.0 Å². The summed E-state index contributed by atoms with van der Waals surface area (Å²) in [5.74, 6) is -0.953. The number of carbonyl (C=O) groups is 1. The van der Waals surface area contributed by atoms with Crippen LogP contribution in [-0.2, 0) is 10.0 Å². The molecule has 100 valence electrons. The molecule has 18 heavy (non-hydrogen) atoms. The molecule has 1 heterocycles. The lowest BCUT2D eigenvalue weighted by atomic mass is 10.2. The van der Waals surface area contributed by atoms with Gasteiger partial charge in [-0.1, -0.05) is 13.3 Å². The molecule has 8 heteroatoms. The van der Waals surface area contributed by atoms with Crippen LogP contribution in [0.15, 0.2) is 11.2 Å². The van der Waals surface area contributed by atoms with Crippen molar-refractivity contribution in [1.82, 2.24) is 14.9 Å². The van der Waals surface area contributed by atoms with E-state index in [1.165, 1.54) is 0 Å². The minimum atomic E-state index is -3.83. The van der Waals surface area contributed by atoms with E-state index in [2.05, 4.69) is 14.9 Å². The summed E-state index contributed by atoms with van der Waals surface area (Å²) in [4.78, 5) is 10.8. The van der Waals surface area contributed by atoms with E-state index in [1.807, 2.05) is 6.92 Å². The van der Waals surface area contributed by atoms with Gasteiger partial charge >= 0.3 is 5.97 Å². The minimum absolute atomic E-state index is 0.0834. The predicted octanol–water partition coefficient (Wildman–Crippen LogP) is 0.575. The Balaban J connectivity index is 2.12. The van der Waals surface area contributed by atoms with Crippen LogP contribution in [0.4, 0.5) is 0 Å². The first-order chi connectivity index (χ1) is 8.45. The number of nitrogens with one attached hydrogen (secondary N) is 2. The smallest absolute Gasteiger partial charge is 0.340 e. The summed E-state index contributed by atoms with van der Waals surface area (Å²) >= 11 is 0. The van der Waals surface area contributed by atoms with Crippen LogP contribution in [0.25, 0.3) is 0 Å². The molecule has 2 atom stereocenters. The van der Waals surface area contributed by atoms with Crippen LogP contribution in [0.5, 0.6) is 0 Å². The largest absolute Gasteiger partial charge is 0.478 e. The number of nitrogens with zero attached hydrogens (tertiary/aromatic N) is 1. The number of carboxylic acids is 1. The van der Waals surface area contributed by atoms with E-state index >= 15 is 0 Å². The first-order valence-corrected chi connectivity index (χ1v) is 7.23. The van der Waals surface area contributed by atoms with Gasteiger partial charge in [-0.3, -0.25) is 5.10 Å². The first kappa shape index (κ1) is 13.0. The van der Waals surface area contributed by atoms with Gasteiger partial charge in [0.2, 0.25) is 0 Å². The summed E-state index contributed by atoms with van der Waals surface area (Å²) < 4.78 is 26.4. The molecule has 2 rings (SSSR count). The van der Waals surface area contributed by atoms with Gasteiger partial charge in [-0.2, -0.15) is 5.10 Å². The molecular weight excluding hydrogens is 258 g/mol. The molecule has 1 aromatic rings. The van der Waals surface area contributed by atoms with E-state index < -0.39 is 16.0 Å². The molecule has 0 radical (unpaired) electrons. The number of aromatic amines is 1. The quantitative estimate of drug-likeness (QED) is 0.701. The molecule has 0 amide bonds. The summed E-state index contributed by atoms with van der Waals surface area (Å²) in [5, 5.41) is 14.2. The second-order valence-corrected chi connectivity index (χ2v) is 6.08. The van der Waals surface area contributed by atoms with Crippen molar-refractivity contribution in [1.29, 1.82) is 0 Å². The van der Waals surface area contributed by atoms with Gasteiger partial charge in [-0.05, 0) is 18.8 Å². The number of H-pyrrole nitrogens is 1. The van der Waals surface area contributed by atoms with Crippen LogP contribution in [-0.4, -0.2) is 35.7 Å². The predicted molar refractivity (Wildman–Crippen MR) is 62.7 cm³/mol. The Bertz CT molecular complexity index is 551. The Kier molecular flexibility index (Phi) is 3.40. The number of rotatable bonds is 6. The van der Waals surface area contributed by atoms with E-state index in [4.69, 9.17) is 5.11 Å². The molecule has 1 aliphatic rings. The van der Waals surface area contributed by atoms with Gasteiger partial charge in [0.05, 0.1) is 6.20 Å². The Labute approximate surface area is 105 Å². The highest BCUT2D eigenvalue weighted by Crippen LogP contribution is 2.35. The number of aromatic nitrogens is 2. The lowest BCUT2D eigenvalue weighted by Crippen LogP contribution is -2.28. The van der Waals surface area contributed by atoms with Gasteiger partial charge in [0, 0.05) is 6.04 Å². The number of hydrogen-bond acceptors (Lipinski definition) is 4. The third-order valence-electron chi connectivity index (χ3n) is 2.99. The van der Waals surface area contributed by atoms with Gasteiger partial charge < -0.3 is 5.11 Å². The molecule has 0 aromatic carbocycles. The number of carboxylic acid groups (broad SMARTS) is 1. The van der Waals surface area contributed by atoms with E-state index in [1.54, 1.807) is 0 Å². The molecule has 0 saturated heterocycles. The maximum atomic E-state index is 12.0. The van der Waals surface area contributed by atoms with Crippen molar-refractivity contribution in [2.24, 2.45) is 5.92 Å². The van der Waals surface area contributed by atoms with Crippen LogP contribution in [0.1, 0.15) is 36.5 Å². The fraction of sp³-hybridized carbons (Fsp3) is 0.600. The SMILES string of the molecule is CCCC1CC1NS(=O)(=O)c1[nH]ncc1C(=O)O. The molecule has 3 N–H and O–H groups in total. The van der Waals surface area contributed by atoms with Crippen LogP contribution in [0.2, 0.25) is 0 Å². The molecule has 0 aliphatic heterocycles. The van der Waals surface area contributed by atoms with Crippen molar-refractivity contribution >= 4 is 16.0 Å². The lowest BCUT2D eigenvalue weighted by Gasteiger charge is -2.04. The Morgan fingerprint density at radius 1 is 1.67 bits per heavy atom. The number of sulfonamides is 1. The highest BCUT2D eigenvalue weighted by molar-refractivity contribution is 7.89. The number of hydrogen-bond donors (Lipinski definition) is 3. The fourth-order valence-electron chi connectivity index (χ4n) is 1.97. The van der Waals surface area contributed by atoms with Crippen LogP contribution in [0, 0.1) is 5.92 Å². The van der Waals surface area contributed by atoms with Gasteiger partial charge in [0.1, 0.15) is 5.56 Å². The maximum Gasteiger partial charge on any atom is 0.340 e. The van der Waals surface area contributed by atoms with Crippen molar-refractivity contribution in [3.05, 3.63) is 11.8 Å². The summed E-state index contributed by atoms with van der Waals surface area (Å²) in [7, 11) is -3.83. The Hall–Kier alpha value is -1.41. The summed E-state index contributed by atoms with van der Waals surface area (Å²) in [6.07, 6.45) is 3.78. The maximum absolute atomic E-state index is 12.0. The van der Waals surface area contributed by atoms with Crippen molar-refractivity contribution in [3.8, 4) is 0 Å². The van der Waals surface area contributed by atoms with Crippen molar-refractivity contribution < 1.29 is 18.3 Å². The molecule has 1 saturated carbocycles. The van der Waals surface area contributed by atoms with Gasteiger partial charge in [0.15, 0.2) is 5.03 Å². The first-order valence-electron chi connectivity index (χ1n) is 5.74. The summed E-state index contributed by atoms with van der Waals surface area (Å²) in [6.45, 7) is 2.04. The molecule has 1 aliphatic carbocycles. The topological polar surface area (TPSA) is 112 Å². The molecule has 7 nitrogen and oxygen atoms in total. The third kappa shape index (κ3) is 2.54. The van der Waals surface area contributed by atoms with Crippen molar-refractivity contribution in [2.45, 2.75) is 37.3 Å². The highest BCUT2D eigenvalue weighted by atomic mass is 32.2. The van der Waals surface area contributed by atoms with Crippen molar-refractivity contribution in [3.63, 3.8) is 0 Å². The molecule has 0 spiro atoms. The monoisotopic (exact) mass is 273 g/mol. The average Bonchev–Trinajstić information content (AvgIpc) is 2.83. The van der Waals surface area contributed by atoms with Crippen LogP contribution in [0.3, 0.4) is 0 Å². The zero-order valence-corrected chi connectivity index (χ0v) is 10.7. The van der Waals surface area contributed by atoms with E-state index in [9.17, 15) is 13.2 Å². The molecule has 2 unspecified atom stereocenters. The molecule has 0 bridgehead atoms. The van der Waals surface area contributed by atoms with Crippen molar-refractivity contribution in [2.75, 3.05) is 0 Å². The minimum Gasteiger partial charge on any atom is -0.478 e. The lowest BCUT2D eigenvalue weighted by molar-refractivity contribution is 0.0692. The van der Waals surface area contributed by atoms with Crippen LogP contribution >= 0.6 is 0 Å². The summed E-state index contributed by atoms with van der Waals surface area (Å²) in [5.41, 5.74) is -0.338. The zero-order chi connectivity index (χ0) is 13.3. The van der Waals surface area contributed by atoms with E-state index in [-0.39, 0.29) is 16.6 Å². The van der Waals surface area contributed by atoms with Gasteiger partial charge in [-0.15, -0.1) is 0 Å². The summed E-state index contributed by atoms with van der Waals surface area (Å²) in [6, 6.07) is -0.0834. The molecule has 1 fully saturated rings. The second kappa shape index (κ2) is 4.69. The third-order valence-corrected chi connectivity index (χ3v) is 4.45. The standard InChI is InChI=1S/C10H15N3O4S/c1-2-3-6-4-8(6)13-18(16,17)9-7(10(14)15)5-11-12-9/h5-6,8,13H,2-4H2,1H3,(H,11,12)(H,14,15). The van der Waals surface area contributed by atoms with E-state index in [0.29, 0.717) is 5.92 Å². The fourth-order valence-corrected chi connectivity index (χ4v) is 3.38. The second-order valence-electron chi connectivity index (χ2n) is 4.43. The highest BCUT2D eigenvalue weighted by Gasteiger charge is 2.40. The van der Waals surface area contributed by atoms with Crippen LogP contribution < -0.4 is 4.72 Å². The molecule has 1 aromatic heterocycles. The Morgan fingerprint density at radius 3 is 3.00 bits per heavy atom.